The summed E-state index contributed by atoms with van der Waals surface area (Å²) in [5.41, 5.74) is 1.05. The Bertz CT molecular complexity index is 633. The first-order valence-corrected chi connectivity index (χ1v) is 7.94. The van der Waals surface area contributed by atoms with Crippen LogP contribution in [0.2, 0.25) is 5.02 Å². The van der Waals surface area contributed by atoms with Gasteiger partial charge < -0.3 is 5.32 Å². The van der Waals surface area contributed by atoms with E-state index in [1.807, 2.05) is 12.3 Å². The molecule has 20 heavy (non-hydrogen) atoms. The fraction of sp³-hybridized carbons (Fsp3) is 0.231. The number of carbonyl (C=O) groups excluding carboxylic acids is 1. The van der Waals surface area contributed by atoms with Crippen molar-refractivity contribution in [2.45, 2.75) is 23.4 Å². The van der Waals surface area contributed by atoms with Crippen LogP contribution in [0.4, 0.5) is 10.1 Å². The number of hydrogen-bond acceptors (Lipinski definition) is 4. The molecule has 0 aliphatic carbocycles. The number of aromatic nitrogens is 1. The molecule has 0 radical (unpaired) electrons. The number of nitrogens with one attached hydrogen (secondary N) is 1. The maximum atomic E-state index is 13.6. The van der Waals surface area contributed by atoms with Gasteiger partial charge >= 0.3 is 0 Å². The topological polar surface area (TPSA) is 42.0 Å². The molecule has 2 aromatic rings. The Labute approximate surface area is 129 Å². The van der Waals surface area contributed by atoms with Crippen molar-refractivity contribution < 1.29 is 9.18 Å². The van der Waals surface area contributed by atoms with E-state index in [-0.39, 0.29) is 16.8 Å². The number of thioether (sulfide) groups is 1. The summed E-state index contributed by atoms with van der Waals surface area (Å²) in [5, 5.41) is 4.40. The van der Waals surface area contributed by atoms with Crippen LogP contribution in [-0.2, 0) is 4.79 Å². The number of benzene rings is 1. The molecule has 1 heterocycles. The molecule has 1 amide bonds. The second kappa shape index (κ2) is 6.56. The van der Waals surface area contributed by atoms with Crippen LogP contribution in [-0.4, -0.2) is 16.1 Å². The van der Waals surface area contributed by atoms with Gasteiger partial charge in [-0.15, -0.1) is 11.3 Å². The van der Waals surface area contributed by atoms with Crippen LogP contribution >= 0.6 is 34.7 Å². The zero-order valence-corrected chi connectivity index (χ0v) is 13.2. The number of nitrogens with zero attached hydrogens (tertiary/aromatic N) is 1. The molecule has 1 atom stereocenters. The minimum absolute atomic E-state index is 0.127. The van der Waals surface area contributed by atoms with Gasteiger partial charge in [0, 0.05) is 16.1 Å². The summed E-state index contributed by atoms with van der Waals surface area (Å²) in [4.78, 5) is 16.3. The highest BCUT2D eigenvalue weighted by Crippen LogP contribution is 2.27. The zero-order valence-electron chi connectivity index (χ0n) is 10.8. The molecule has 0 saturated carbocycles. The van der Waals surface area contributed by atoms with Crippen molar-refractivity contribution in [3.63, 3.8) is 0 Å². The van der Waals surface area contributed by atoms with Gasteiger partial charge in [0.05, 0.1) is 10.9 Å². The van der Waals surface area contributed by atoms with Crippen LogP contribution in [0.3, 0.4) is 0 Å². The van der Waals surface area contributed by atoms with E-state index < -0.39 is 5.82 Å². The largest absolute Gasteiger partial charge is 0.323 e. The first kappa shape index (κ1) is 15.3. The first-order valence-electron chi connectivity index (χ1n) is 5.80. The summed E-state index contributed by atoms with van der Waals surface area (Å²) >= 11 is 8.50. The standard InChI is InChI=1S/C13H12ClFN2OS2/c1-7-6-19-13(16-7)20-8(2)12(18)17-11-4-3-9(14)5-10(11)15/h3-6,8H,1-2H3,(H,17,18)/t8-/m1/s1. The Hall–Kier alpha value is -1.11. The Morgan fingerprint density at radius 1 is 1.55 bits per heavy atom. The van der Waals surface area contributed by atoms with Gasteiger partial charge in [-0.25, -0.2) is 9.37 Å². The molecule has 0 aliphatic heterocycles. The lowest BCUT2D eigenvalue weighted by molar-refractivity contribution is -0.115. The minimum atomic E-state index is -0.548. The lowest BCUT2D eigenvalue weighted by Gasteiger charge is -2.11. The summed E-state index contributed by atoms with van der Waals surface area (Å²) in [5.74, 6) is -0.822. The molecule has 3 nitrogen and oxygen atoms in total. The summed E-state index contributed by atoms with van der Waals surface area (Å²) < 4.78 is 14.4. The Kier molecular flexibility index (Phi) is 5.01. The molecule has 0 saturated heterocycles. The van der Waals surface area contributed by atoms with E-state index in [0.717, 1.165) is 10.0 Å². The number of thiazole rings is 1. The molecule has 0 unspecified atom stereocenters. The normalized spacial score (nSPS) is 12.2. The SMILES string of the molecule is Cc1csc(S[C@H](C)C(=O)Nc2ccc(Cl)cc2F)n1. The van der Waals surface area contributed by atoms with Gasteiger partial charge in [0.2, 0.25) is 5.91 Å². The van der Waals surface area contributed by atoms with Crippen LogP contribution in [0.25, 0.3) is 0 Å². The third-order valence-electron chi connectivity index (χ3n) is 2.43. The van der Waals surface area contributed by atoms with Crippen molar-refractivity contribution in [1.29, 1.82) is 0 Å². The highest BCUT2D eigenvalue weighted by molar-refractivity contribution is 8.02. The van der Waals surface area contributed by atoms with Gasteiger partial charge in [-0.3, -0.25) is 4.79 Å². The van der Waals surface area contributed by atoms with Crippen LogP contribution in [0.5, 0.6) is 0 Å². The number of aryl methyl sites for hydroxylation is 1. The molecule has 2 rings (SSSR count). The van der Waals surface area contributed by atoms with E-state index >= 15 is 0 Å². The second-order valence-corrected chi connectivity index (χ2v) is 7.01. The van der Waals surface area contributed by atoms with Crippen LogP contribution in [0, 0.1) is 12.7 Å². The highest BCUT2D eigenvalue weighted by atomic mass is 35.5. The monoisotopic (exact) mass is 330 g/mol. The maximum Gasteiger partial charge on any atom is 0.237 e. The molecule has 0 fully saturated rings. The fourth-order valence-corrected chi connectivity index (χ4v) is 3.56. The highest BCUT2D eigenvalue weighted by Gasteiger charge is 2.17. The predicted octanol–water partition coefficient (Wildman–Crippen LogP) is 4.36. The average molecular weight is 331 g/mol. The summed E-state index contributed by atoms with van der Waals surface area (Å²) in [6, 6.07) is 4.14. The smallest absolute Gasteiger partial charge is 0.237 e. The lowest BCUT2D eigenvalue weighted by Crippen LogP contribution is -2.22. The molecule has 1 aromatic heterocycles. The number of halogens is 2. The number of carbonyl (C=O) groups is 1. The van der Waals surface area contributed by atoms with Crippen molar-refractivity contribution in [1.82, 2.24) is 4.98 Å². The number of rotatable bonds is 4. The van der Waals surface area contributed by atoms with E-state index in [4.69, 9.17) is 11.6 Å². The van der Waals surface area contributed by atoms with Gasteiger partial charge in [0.1, 0.15) is 5.82 Å². The predicted molar refractivity (Wildman–Crippen MR) is 82.2 cm³/mol. The maximum absolute atomic E-state index is 13.6. The third-order valence-corrected chi connectivity index (χ3v) is 4.86. The van der Waals surface area contributed by atoms with Gasteiger partial charge in [0.25, 0.3) is 0 Å². The van der Waals surface area contributed by atoms with Crippen molar-refractivity contribution >= 4 is 46.3 Å². The molecular formula is C13H12ClFN2OS2. The molecule has 0 aliphatic rings. The van der Waals surface area contributed by atoms with E-state index in [1.54, 1.807) is 6.92 Å². The summed E-state index contributed by atoms with van der Waals surface area (Å²) in [7, 11) is 0. The second-order valence-electron chi connectivity index (χ2n) is 4.13. The first-order chi connectivity index (χ1) is 9.45. The van der Waals surface area contributed by atoms with Gasteiger partial charge in [0.15, 0.2) is 4.34 Å². The number of hydrogen-bond donors (Lipinski definition) is 1. The Balaban J connectivity index is 2.00. The number of amides is 1. The van der Waals surface area contributed by atoms with Crippen molar-refractivity contribution in [3.05, 3.63) is 40.1 Å². The Morgan fingerprint density at radius 2 is 2.30 bits per heavy atom. The molecular weight excluding hydrogens is 319 g/mol. The molecule has 1 aromatic carbocycles. The van der Waals surface area contributed by atoms with E-state index in [9.17, 15) is 9.18 Å². The Morgan fingerprint density at radius 3 is 2.90 bits per heavy atom. The van der Waals surface area contributed by atoms with E-state index in [2.05, 4.69) is 10.3 Å². The van der Waals surface area contributed by atoms with Crippen molar-refractivity contribution in [2.24, 2.45) is 0 Å². The van der Waals surface area contributed by atoms with Gasteiger partial charge in [-0.2, -0.15) is 0 Å². The van der Waals surface area contributed by atoms with Gasteiger partial charge in [-0.1, -0.05) is 23.4 Å². The molecule has 106 valence electrons. The van der Waals surface area contributed by atoms with Crippen LogP contribution in [0.15, 0.2) is 27.9 Å². The summed E-state index contributed by atoms with van der Waals surface area (Å²) in [6.07, 6.45) is 0. The minimum Gasteiger partial charge on any atom is -0.323 e. The van der Waals surface area contributed by atoms with Crippen LogP contribution < -0.4 is 5.32 Å². The lowest BCUT2D eigenvalue weighted by atomic mass is 10.3. The summed E-state index contributed by atoms with van der Waals surface area (Å²) in [6.45, 7) is 3.65. The van der Waals surface area contributed by atoms with E-state index in [1.165, 1.54) is 41.3 Å². The number of anilines is 1. The van der Waals surface area contributed by atoms with Crippen molar-refractivity contribution in [2.75, 3.05) is 5.32 Å². The zero-order chi connectivity index (χ0) is 14.7. The molecule has 7 heteroatoms. The fourth-order valence-electron chi connectivity index (χ4n) is 1.42. The average Bonchev–Trinajstić information content (AvgIpc) is 2.78. The third kappa shape index (κ3) is 3.94. The van der Waals surface area contributed by atoms with Crippen LogP contribution in [0.1, 0.15) is 12.6 Å². The quantitative estimate of drug-likeness (QED) is 0.847. The molecule has 0 bridgehead atoms. The van der Waals surface area contributed by atoms with Gasteiger partial charge in [-0.05, 0) is 32.0 Å². The molecule has 0 spiro atoms. The van der Waals surface area contributed by atoms with Crippen molar-refractivity contribution in [3.8, 4) is 0 Å². The molecule has 1 N–H and O–H groups in total. The van der Waals surface area contributed by atoms with E-state index in [0.29, 0.717) is 5.02 Å².